The molecule has 0 fully saturated rings. The van der Waals surface area contributed by atoms with E-state index in [2.05, 4.69) is 5.32 Å². The maximum Gasteiger partial charge on any atom is 0.223 e. The lowest BCUT2D eigenvalue weighted by molar-refractivity contribution is -0.125. The Labute approximate surface area is 126 Å². The van der Waals surface area contributed by atoms with Crippen LogP contribution in [0.4, 0.5) is 4.39 Å². The summed E-state index contributed by atoms with van der Waals surface area (Å²) < 4.78 is 13.6. The highest BCUT2D eigenvalue weighted by Crippen LogP contribution is 2.24. The van der Waals surface area contributed by atoms with E-state index in [4.69, 9.17) is 0 Å². The first-order valence-electron chi connectivity index (χ1n) is 7.60. The minimum atomic E-state index is -0.299. The monoisotopic (exact) mass is 295 g/mol. The summed E-state index contributed by atoms with van der Waals surface area (Å²) >= 11 is 0. The van der Waals surface area contributed by atoms with Crippen molar-refractivity contribution in [3.05, 3.63) is 35.6 Å². The van der Waals surface area contributed by atoms with Gasteiger partial charge in [-0.15, -0.1) is 0 Å². The van der Waals surface area contributed by atoms with Crippen molar-refractivity contribution in [1.82, 2.24) is 5.32 Å². The molecule has 0 saturated heterocycles. The molecule has 1 amide bonds. The number of benzene rings is 1. The van der Waals surface area contributed by atoms with Crippen LogP contribution in [-0.2, 0) is 11.2 Å². The van der Waals surface area contributed by atoms with Crippen LogP contribution in [0.5, 0.6) is 0 Å². The first-order valence-corrected chi connectivity index (χ1v) is 7.60. The van der Waals surface area contributed by atoms with Gasteiger partial charge in [-0.3, -0.25) is 4.79 Å². The van der Waals surface area contributed by atoms with E-state index in [0.29, 0.717) is 18.5 Å². The summed E-state index contributed by atoms with van der Waals surface area (Å²) in [4.78, 5) is 12.1. The smallest absolute Gasteiger partial charge is 0.223 e. The average molecular weight is 295 g/mol. The van der Waals surface area contributed by atoms with Crippen LogP contribution in [0.25, 0.3) is 0 Å². The zero-order chi connectivity index (χ0) is 15.9. The lowest BCUT2D eigenvalue weighted by Crippen LogP contribution is -2.41. The van der Waals surface area contributed by atoms with E-state index < -0.39 is 0 Å². The van der Waals surface area contributed by atoms with Crippen LogP contribution in [0.1, 0.15) is 39.2 Å². The third-order valence-corrected chi connectivity index (χ3v) is 4.40. The Morgan fingerprint density at radius 3 is 2.48 bits per heavy atom. The van der Waals surface area contributed by atoms with Crippen molar-refractivity contribution < 1.29 is 14.3 Å². The quantitative estimate of drug-likeness (QED) is 0.774. The first-order chi connectivity index (χ1) is 9.98. The topological polar surface area (TPSA) is 49.3 Å². The summed E-state index contributed by atoms with van der Waals surface area (Å²) in [5.41, 5.74) is 0.299. The van der Waals surface area contributed by atoms with E-state index in [9.17, 15) is 14.3 Å². The molecule has 0 radical (unpaired) electrons. The maximum atomic E-state index is 13.6. The predicted octanol–water partition coefficient (Wildman–Crippen LogP) is 2.92. The number of rotatable bonds is 8. The zero-order valence-electron chi connectivity index (χ0n) is 13.2. The van der Waals surface area contributed by atoms with Crippen molar-refractivity contribution in [2.45, 2.75) is 40.0 Å². The van der Waals surface area contributed by atoms with Gasteiger partial charge in [0, 0.05) is 17.9 Å². The minimum Gasteiger partial charge on any atom is -0.396 e. The molecule has 0 aliphatic carbocycles. The molecule has 0 spiro atoms. The SMILES string of the molecule is CCC(CC)(CO)CNC(=O)C(C)Cc1ccccc1F. The molecule has 3 nitrogen and oxygen atoms in total. The number of hydrogen-bond acceptors (Lipinski definition) is 2. The molecule has 1 aromatic carbocycles. The maximum absolute atomic E-state index is 13.6. The van der Waals surface area contributed by atoms with Crippen molar-refractivity contribution in [3.8, 4) is 0 Å². The van der Waals surface area contributed by atoms with Gasteiger partial charge in [0.1, 0.15) is 5.82 Å². The van der Waals surface area contributed by atoms with Crippen LogP contribution in [0.3, 0.4) is 0 Å². The number of aliphatic hydroxyl groups excluding tert-OH is 1. The molecule has 0 bridgehead atoms. The molecular weight excluding hydrogens is 269 g/mol. The Morgan fingerprint density at radius 2 is 1.95 bits per heavy atom. The van der Waals surface area contributed by atoms with Crippen molar-refractivity contribution in [1.29, 1.82) is 0 Å². The number of amides is 1. The molecule has 1 unspecified atom stereocenters. The van der Waals surface area contributed by atoms with Crippen molar-refractivity contribution in [2.75, 3.05) is 13.2 Å². The van der Waals surface area contributed by atoms with Crippen molar-refractivity contribution >= 4 is 5.91 Å². The molecule has 1 rings (SSSR count). The average Bonchev–Trinajstić information content (AvgIpc) is 2.51. The molecule has 118 valence electrons. The highest BCUT2D eigenvalue weighted by Gasteiger charge is 2.26. The van der Waals surface area contributed by atoms with Gasteiger partial charge in [-0.05, 0) is 30.9 Å². The second kappa shape index (κ2) is 8.13. The summed E-state index contributed by atoms with van der Waals surface area (Å²) in [6.45, 7) is 6.32. The lowest BCUT2D eigenvalue weighted by atomic mass is 9.83. The van der Waals surface area contributed by atoms with Gasteiger partial charge >= 0.3 is 0 Å². The zero-order valence-corrected chi connectivity index (χ0v) is 13.2. The molecule has 0 aliphatic heterocycles. The summed E-state index contributed by atoms with van der Waals surface area (Å²) in [6.07, 6.45) is 1.99. The van der Waals surface area contributed by atoms with E-state index >= 15 is 0 Å². The van der Waals surface area contributed by atoms with E-state index in [1.165, 1.54) is 6.07 Å². The second-order valence-corrected chi connectivity index (χ2v) is 5.78. The molecule has 0 saturated carbocycles. The first kappa shape index (κ1) is 17.6. The lowest BCUT2D eigenvalue weighted by Gasteiger charge is -2.30. The van der Waals surface area contributed by atoms with Crippen LogP contribution in [-0.4, -0.2) is 24.2 Å². The summed E-state index contributed by atoms with van der Waals surface area (Å²) in [5.74, 6) is -0.672. The highest BCUT2D eigenvalue weighted by atomic mass is 19.1. The standard InChI is InChI=1S/C17H26FNO2/c1-4-17(5-2,12-20)11-19-16(21)13(3)10-14-8-6-7-9-15(14)18/h6-9,13,20H,4-5,10-12H2,1-3H3,(H,19,21). The fourth-order valence-corrected chi connectivity index (χ4v) is 2.31. The summed E-state index contributed by atoms with van der Waals surface area (Å²) in [5, 5.41) is 12.4. The normalized spacial score (nSPS) is 13.0. The summed E-state index contributed by atoms with van der Waals surface area (Å²) in [7, 11) is 0. The Kier molecular flexibility index (Phi) is 6.82. The Morgan fingerprint density at radius 1 is 1.33 bits per heavy atom. The van der Waals surface area contributed by atoms with Gasteiger partial charge in [-0.1, -0.05) is 39.0 Å². The van der Waals surface area contributed by atoms with Gasteiger partial charge < -0.3 is 10.4 Å². The minimum absolute atomic E-state index is 0.0575. The van der Waals surface area contributed by atoms with Gasteiger partial charge in [0.05, 0.1) is 6.61 Å². The molecule has 21 heavy (non-hydrogen) atoms. The van der Waals surface area contributed by atoms with Crippen molar-refractivity contribution in [3.63, 3.8) is 0 Å². The molecule has 0 heterocycles. The molecule has 0 aromatic heterocycles. The molecule has 1 atom stereocenters. The Balaban J connectivity index is 2.57. The van der Waals surface area contributed by atoms with Crippen LogP contribution < -0.4 is 5.32 Å². The number of hydrogen-bond donors (Lipinski definition) is 2. The Hall–Kier alpha value is -1.42. The van der Waals surface area contributed by atoms with E-state index in [-0.39, 0.29) is 29.7 Å². The molecule has 1 aromatic rings. The van der Waals surface area contributed by atoms with Crippen LogP contribution in [0, 0.1) is 17.2 Å². The van der Waals surface area contributed by atoms with E-state index in [0.717, 1.165) is 12.8 Å². The molecular formula is C17H26FNO2. The van der Waals surface area contributed by atoms with Gasteiger partial charge in [0.15, 0.2) is 0 Å². The largest absolute Gasteiger partial charge is 0.396 e. The van der Waals surface area contributed by atoms with Gasteiger partial charge in [-0.25, -0.2) is 4.39 Å². The van der Waals surface area contributed by atoms with E-state index in [1.807, 2.05) is 13.8 Å². The van der Waals surface area contributed by atoms with Gasteiger partial charge in [-0.2, -0.15) is 0 Å². The Bertz CT molecular complexity index is 450. The number of carbonyl (C=O) groups excluding carboxylic acids is 1. The predicted molar refractivity (Wildman–Crippen MR) is 82.4 cm³/mol. The number of halogens is 1. The van der Waals surface area contributed by atoms with E-state index in [1.54, 1.807) is 25.1 Å². The number of nitrogens with one attached hydrogen (secondary N) is 1. The highest BCUT2D eigenvalue weighted by molar-refractivity contribution is 5.78. The van der Waals surface area contributed by atoms with Gasteiger partial charge in [0.25, 0.3) is 0 Å². The number of aliphatic hydroxyl groups is 1. The van der Waals surface area contributed by atoms with Crippen molar-refractivity contribution in [2.24, 2.45) is 11.3 Å². The molecule has 4 heteroatoms. The third-order valence-electron chi connectivity index (χ3n) is 4.40. The fraction of sp³-hybridized carbons (Fsp3) is 0.588. The third kappa shape index (κ3) is 4.81. The summed E-state index contributed by atoms with van der Waals surface area (Å²) in [6, 6.07) is 6.52. The fourth-order valence-electron chi connectivity index (χ4n) is 2.31. The second-order valence-electron chi connectivity index (χ2n) is 5.78. The number of carbonyl (C=O) groups is 1. The van der Waals surface area contributed by atoms with Crippen LogP contribution in [0.2, 0.25) is 0 Å². The molecule has 0 aliphatic rings. The molecule has 2 N–H and O–H groups in total. The van der Waals surface area contributed by atoms with Crippen LogP contribution >= 0.6 is 0 Å². The van der Waals surface area contributed by atoms with Gasteiger partial charge in [0.2, 0.25) is 5.91 Å². The van der Waals surface area contributed by atoms with Crippen LogP contribution in [0.15, 0.2) is 24.3 Å².